The lowest BCUT2D eigenvalue weighted by molar-refractivity contribution is 0.0950. The first-order valence-corrected chi connectivity index (χ1v) is 9.29. The molecule has 3 rings (SSSR count). The summed E-state index contributed by atoms with van der Waals surface area (Å²) in [5, 5.41) is 6.25. The van der Waals surface area contributed by atoms with Crippen LogP contribution in [0.25, 0.3) is 0 Å². The number of anilines is 2. The van der Waals surface area contributed by atoms with E-state index in [1.54, 1.807) is 32.7 Å². The molecule has 0 atom stereocenters. The summed E-state index contributed by atoms with van der Waals surface area (Å²) in [5.74, 6) is 1.08. The first-order valence-electron chi connectivity index (χ1n) is 9.29. The van der Waals surface area contributed by atoms with Crippen LogP contribution in [-0.4, -0.2) is 25.1 Å². The van der Waals surface area contributed by atoms with Crippen molar-refractivity contribution in [2.75, 3.05) is 19.5 Å². The molecule has 0 aliphatic heterocycles. The van der Waals surface area contributed by atoms with Gasteiger partial charge in [0, 0.05) is 18.4 Å². The third-order valence-corrected chi connectivity index (χ3v) is 4.79. The number of aromatic nitrogens is 1. The Kier molecular flexibility index (Phi) is 6.34. The Labute approximate surface area is 170 Å². The van der Waals surface area contributed by atoms with Gasteiger partial charge in [0.05, 0.1) is 31.7 Å². The van der Waals surface area contributed by atoms with Crippen molar-refractivity contribution in [1.29, 1.82) is 0 Å². The van der Waals surface area contributed by atoms with Gasteiger partial charge in [-0.25, -0.2) is 0 Å². The van der Waals surface area contributed by atoms with E-state index >= 15 is 0 Å². The maximum Gasteiger partial charge on any atom is 0.253 e. The van der Waals surface area contributed by atoms with Gasteiger partial charge in [0.1, 0.15) is 0 Å². The number of hydrogen-bond acceptors (Lipinski definition) is 5. The van der Waals surface area contributed by atoms with E-state index in [2.05, 4.69) is 35.5 Å². The molecule has 0 aliphatic carbocycles. The molecule has 1 heterocycles. The lowest BCUT2D eigenvalue weighted by Crippen LogP contribution is -2.23. The van der Waals surface area contributed by atoms with Crippen molar-refractivity contribution in [3.05, 3.63) is 77.1 Å². The van der Waals surface area contributed by atoms with Crippen LogP contribution in [0.2, 0.25) is 0 Å². The topological polar surface area (TPSA) is 72.5 Å². The van der Waals surface area contributed by atoms with Gasteiger partial charge in [-0.1, -0.05) is 18.2 Å². The van der Waals surface area contributed by atoms with Gasteiger partial charge in [-0.15, -0.1) is 0 Å². The van der Waals surface area contributed by atoms with E-state index in [0.29, 0.717) is 23.6 Å². The predicted octanol–water partition coefficient (Wildman–Crippen LogP) is 4.39. The van der Waals surface area contributed by atoms with E-state index in [4.69, 9.17) is 9.47 Å². The molecule has 6 nitrogen and oxygen atoms in total. The zero-order valence-electron chi connectivity index (χ0n) is 17.1. The summed E-state index contributed by atoms with van der Waals surface area (Å²) in [6, 6.07) is 13.4. The highest BCUT2D eigenvalue weighted by Crippen LogP contribution is 2.27. The van der Waals surface area contributed by atoms with E-state index in [1.807, 2.05) is 30.3 Å². The molecule has 0 unspecified atom stereocenters. The fourth-order valence-corrected chi connectivity index (χ4v) is 2.95. The highest BCUT2D eigenvalue weighted by Gasteiger charge is 2.10. The Bertz CT molecular complexity index is 1020. The summed E-state index contributed by atoms with van der Waals surface area (Å²) < 4.78 is 10.5. The van der Waals surface area contributed by atoms with E-state index in [0.717, 1.165) is 22.5 Å². The number of nitrogens with zero attached hydrogens (tertiary/aromatic N) is 1. The zero-order valence-corrected chi connectivity index (χ0v) is 17.1. The van der Waals surface area contributed by atoms with Crippen LogP contribution < -0.4 is 20.1 Å². The van der Waals surface area contributed by atoms with Crippen LogP contribution in [0.4, 0.5) is 11.4 Å². The van der Waals surface area contributed by atoms with Gasteiger partial charge in [-0.2, -0.15) is 0 Å². The molecule has 2 aromatic carbocycles. The van der Waals surface area contributed by atoms with Crippen LogP contribution in [0.3, 0.4) is 0 Å². The molecule has 0 spiro atoms. The Morgan fingerprint density at radius 2 is 1.79 bits per heavy atom. The minimum Gasteiger partial charge on any atom is -0.493 e. The third-order valence-electron chi connectivity index (χ3n) is 4.79. The number of ether oxygens (including phenoxy) is 2. The summed E-state index contributed by atoms with van der Waals surface area (Å²) in [6.45, 7) is 4.50. The molecular weight excluding hydrogens is 366 g/mol. The normalized spacial score (nSPS) is 10.3. The summed E-state index contributed by atoms with van der Waals surface area (Å²) >= 11 is 0. The van der Waals surface area contributed by atoms with Gasteiger partial charge in [-0.3, -0.25) is 9.78 Å². The first-order chi connectivity index (χ1) is 14.0. The predicted molar refractivity (Wildman–Crippen MR) is 114 cm³/mol. The lowest BCUT2D eigenvalue weighted by Gasteiger charge is -2.12. The second-order valence-electron chi connectivity index (χ2n) is 6.71. The van der Waals surface area contributed by atoms with Crippen molar-refractivity contribution in [3.63, 3.8) is 0 Å². The Morgan fingerprint density at radius 1 is 1.00 bits per heavy atom. The van der Waals surface area contributed by atoms with Crippen LogP contribution in [0.1, 0.15) is 27.0 Å². The number of hydrogen-bond donors (Lipinski definition) is 2. The molecule has 0 saturated carbocycles. The van der Waals surface area contributed by atoms with Crippen molar-refractivity contribution >= 4 is 17.3 Å². The summed E-state index contributed by atoms with van der Waals surface area (Å²) in [7, 11) is 3.17. The minimum atomic E-state index is -0.197. The number of carbonyl (C=O) groups is 1. The van der Waals surface area contributed by atoms with Crippen LogP contribution in [0, 0.1) is 13.8 Å². The van der Waals surface area contributed by atoms with Crippen LogP contribution >= 0.6 is 0 Å². The lowest BCUT2D eigenvalue weighted by atomic mass is 10.1. The van der Waals surface area contributed by atoms with Crippen LogP contribution in [0.5, 0.6) is 11.5 Å². The molecule has 0 radical (unpaired) electrons. The molecule has 6 heteroatoms. The molecule has 1 amide bonds. The van der Waals surface area contributed by atoms with Gasteiger partial charge in [0.25, 0.3) is 5.91 Å². The largest absolute Gasteiger partial charge is 0.493 e. The molecule has 0 saturated heterocycles. The molecule has 150 valence electrons. The van der Waals surface area contributed by atoms with E-state index in [1.165, 1.54) is 5.56 Å². The maximum atomic E-state index is 12.6. The number of amides is 1. The highest BCUT2D eigenvalue weighted by molar-refractivity contribution is 5.94. The van der Waals surface area contributed by atoms with Crippen molar-refractivity contribution in [2.45, 2.75) is 20.4 Å². The molecule has 2 N–H and O–H groups in total. The average Bonchev–Trinajstić information content (AvgIpc) is 2.75. The fourth-order valence-electron chi connectivity index (χ4n) is 2.95. The smallest absolute Gasteiger partial charge is 0.253 e. The summed E-state index contributed by atoms with van der Waals surface area (Å²) in [6.07, 6.45) is 3.26. The van der Waals surface area contributed by atoms with E-state index < -0.39 is 0 Å². The number of aryl methyl sites for hydroxylation is 1. The van der Waals surface area contributed by atoms with Crippen LogP contribution in [-0.2, 0) is 6.54 Å². The zero-order chi connectivity index (χ0) is 20.8. The van der Waals surface area contributed by atoms with Gasteiger partial charge in [0.2, 0.25) is 0 Å². The standard InChI is InChI=1S/C23H25N3O3/c1-15-6-5-7-20(16(15)2)26-19-11-18(13-24-14-19)23(27)25-12-17-8-9-21(28-3)22(10-17)29-4/h5-11,13-14,26H,12H2,1-4H3,(H,25,27). The molecule has 29 heavy (non-hydrogen) atoms. The summed E-state index contributed by atoms with van der Waals surface area (Å²) in [4.78, 5) is 16.8. The number of pyridine rings is 1. The Hall–Kier alpha value is -3.54. The average molecular weight is 391 g/mol. The summed E-state index contributed by atoms with van der Waals surface area (Å²) in [5.41, 5.74) is 5.52. The van der Waals surface area contributed by atoms with Crippen molar-refractivity contribution in [2.24, 2.45) is 0 Å². The van der Waals surface area contributed by atoms with Gasteiger partial charge in [0.15, 0.2) is 11.5 Å². The van der Waals surface area contributed by atoms with Gasteiger partial charge >= 0.3 is 0 Å². The Balaban J connectivity index is 1.69. The van der Waals surface area contributed by atoms with Gasteiger partial charge < -0.3 is 20.1 Å². The quantitative estimate of drug-likeness (QED) is 0.625. The molecule has 0 bridgehead atoms. The first kappa shape index (κ1) is 20.2. The van der Waals surface area contributed by atoms with E-state index in [9.17, 15) is 4.79 Å². The second kappa shape index (κ2) is 9.10. The fraction of sp³-hybridized carbons (Fsp3) is 0.217. The third kappa shape index (κ3) is 4.85. The maximum absolute atomic E-state index is 12.6. The SMILES string of the molecule is COc1ccc(CNC(=O)c2cncc(Nc3cccc(C)c3C)c2)cc1OC. The molecule has 0 fully saturated rings. The van der Waals surface area contributed by atoms with Crippen molar-refractivity contribution < 1.29 is 14.3 Å². The van der Waals surface area contributed by atoms with Crippen LogP contribution in [0.15, 0.2) is 54.9 Å². The molecular formula is C23H25N3O3. The number of carbonyl (C=O) groups excluding carboxylic acids is 1. The number of nitrogens with one attached hydrogen (secondary N) is 2. The molecule has 0 aliphatic rings. The number of rotatable bonds is 7. The van der Waals surface area contributed by atoms with Crippen molar-refractivity contribution in [1.82, 2.24) is 10.3 Å². The highest BCUT2D eigenvalue weighted by atomic mass is 16.5. The monoisotopic (exact) mass is 391 g/mol. The van der Waals surface area contributed by atoms with Crippen molar-refractivity contribution in [3.8, 4) is 11.5 Å². The van der Waals surface area contributed by atoms with Gasteiger partial charge in [-0.05, 0) is 54.8 Å². The number of methoxy groups -OCH3 is 2. The van der Waals surface area contributed by atoms with E-state index in [-0.39, 0.29) is 5.91 Å². The Morgan fingerprint density at radius 3 is 2.55 bits per heavy atom. The minimum absolute atomic E-state index is 0.197. The molecule has 1 aromatic heterocycles. The second-order valence-corrected chi connectivity index (χ2v) is 6.71. The molecule has 3 aromatic rings. The number of benzene rings is 2.